The molecule has 0 saturated heterocycles. The Balaban J connectivity index is 1.32. The number of nitrogen functional groups attached to an aromatic ring is 3. The molecule has 6 rings (SSSR count). The van der Waals surface area contributed by atoms with Crippen molar-refractivity contribution in [1.82, 2.24) is 4.98 Å². The Morgan fingerprint density at radius 2 is 0.775 bits per heavy atom. The summed E-state index contributed by atoms with van der Waals surface area (Å²) in [6, 6.07) is 37.4. The maximum Gasteiger partial charge on any atom is 0.227 e. The summed E-state index contributed by atoms with van der Waals surface area (Å²) in [6.45, 7) is 0. The number of hydrogen-bond donors (Lipinski definition) is 3. The molecule has 0 spiro atoms. The van der Waals surface area contributed by atoms with Crippen LogP contribution in [0, 0.1) is 0 Å². The van der Waals surface area contributed by atoms with Gasteiger partial charge in [-0.3, -0.25) is 0 Å². The van der Waals surface area contributed by atoms with Crippen LogP contribution in [0.2, 0.25) is 0 Å². The van der Waals surface area contributed by atoms with Crippen molar-refractivity contribution in [3.63, 3.8) is 0 Å². The minimum absolute atomic E-state index is 0.495. The summed E-state index contributed by atoms with van der Waals surface area (Å²) in [6.07, 6.45) is 0. The van der Waals surface area contributed by atoms with Crippen molar-refractivity contribution in [2.75, 3.05) is 17.2 Å². The van der Waals surface area contributed by atoms with Crippen LogP contribution in [0.4, 0.5) is 17.1 Å². The molecular formula is C33H26N4O3. The number of nitrogens with zero attached hydrogens (tertiary/aromatic N) is 1. The summed E-state index contributed by atoms with van der Waals surface area (Å²) in [5.74, 6) is 3.93. The molecular weight excluding hydrogens is 500 g/mol. The van der Waals surface area contributed by atoms with Crippen molar-refractivity contribution in [1.29, 1.82) is 0 Å². The number of hydrogen-bond acceptors (Lipinski definition) is 7. The molecule has 0 atom stereocenters. The van der Waals surface area contributed by atoms with Gasteiger partial charge >= 0.3 is 0 Å². The van der Waals surface area contributed by atoms with Crippen LogP contribution in [-0.2, 0) is 0 Å². The molecule has 0 amide bonds. The Kier molecular flexibility index (Phi) is 6.52. The molecule has 0 aliphatic heterocycles. The zero-order valence-electron chi connectivity index (χ0n) is 21.5. The standard InChI is InChI=1S/C33H26N4O3/c34-24-7-1-23(2-8-24)33-37-31(21-3-13-27(14-4-21)38-29-17-9-25(35)10-18-29)32(40-33)22-5-15-28(16-6-22)39-30-19-11-26(36)12-20-30/h1-20H,34-36H2. The van der Waals surface area contributed by atoms with Crippen LogP contribution in [0.25, 0.3) is 34.0 Å². The van der Waals surface area contributed by atoms with Crippen molar-refractivity contribution in [2.45, 2.75) is 0 Å². The van der Waals surface area contributed by atoms with Gasteiger partial charge in [0.2, 0.25) is 5.89 Å². The largest absolute Gasteiger partial charge is 0.457 e. The summed E-state index contributed by atoms with van der Waals surface area (Å²) in [5.41, 5.74) is 22.8. The van der Waals surface area contributed by atoms with E-state index in [-0.39, 0.29) is 0 Å². The second-order valence-electron chi connectivity index (χ2n) is 9.21. The first-order valence-corrected chi connectivity index (χ1v) is 12.6. The molecule has 0 bridgehead atoms. The van der Waals surface area contributed by atoms with Crippen molar-refractivity contribution >= 4 is 17.1 Å². The third kappa shape index (κ3) is 5.44. The number of rotatable bonds is 7. The highest BCUT2D eigenvalue weighted by Gasteiger charge is 2.18. The van der Waals surface area contributed by atoms with E-state index in [1.807, 2.05) is 97.1 Å². The topological polar surface area (TPSA) is 123 Å². The number of benzene rings is 5. The van der Waals surface area contributed by atoms with Gasteiger partial charge in [0.15, 0.2) is 5.76 Å². The van der Waals surface area contributed by atoms with Gasteiger partial charge in [-0.15, -0.1) is 0 Å². The summed E-state index contributed by atoms with van der Waals surface area (Å²) in [5, 5.41) is 0. The number of oxazole rings is 1. The van der Waals surface area contributed by atoms with Gasteiger partial charge in [0.05, 0.1) is 0 Å². The molecule has 0 unspecified atom stereocenters. The summed E-state index contributed by atoms with van der Waals surface area (Å²) in [4.78, 5) is 4.87. The lowest BCUT2D eigenvalue weighted by atomic mass is 10.1. The first-order valence-electron chi connectivity index (χ1n) is 12.6. The predicted octanol–water partition coefficient (Wildman–Crippen LogP) is 8.01. The average molecular weight is 527 g/mol. The Labute approximate surface area is 231 Å². The minimum atomic E-state index is 0.495. The lowest BCUT2D eigenvalue weighted by molar-refractivity contribution is 0.482. The Morgan fingerprint density at radius 1 is 0.425 bits per heavy atom. The average Bonchev–Trinajstić information content (AvgIpc) is 3.42. The van der Waals surface area contributed by atoms with E-state index >= 15 is 0 Å². The zero-order valence-corrected chi connectivity index (χ0v) is 21.5. The maximum absolute atomic E-state index is 6.34. The molecule has 0 aliphatic carbocycles. The molecule has 0 fully saturated rings. The van der Waals surface area contributed by atoms with E-state index in [2.05, 4.69) is 0 Å². The molecule has 1 heterocycles. The molecule has 0 radical (unpaired) electrons. The van der Waals surface area contributed by atoms with Crippen molar-refractivity contribution in [2.24, 2.45) is 0 Å². The summed E-state index contributed by atoms with van der Waals surface area (Å²) in [7, 11) is 0. The summed E-state index contributed by atoms with van der Waals surface area (Å²) >= 11 is 0. The van der Waals surface area contributed by atoms with Gasteiger partial charge in [-0.1, -0.05) is 0 Å². The second kappa shape index (κ2) is 10.6. The van der Waals surface area contributed by atoms with Gasteiger partial charge in [0.25, 0.3) is 0 Å². The van der Waals surface area contributed by atoms with E-state index in [0.717, 1.165) is 16.7 Å². The normalized spacial score (nSPS) is 10.8. The summed E-state index contributed by atoms with van der Waals surface area (Å²) < 4.78 is 18.3. The third-order valence-electron chi connectivity index (χ3n) is 6.26. The molecule has 40 heavy (non-hydrogen) atoms. The maximum atomic E-state index is 6.34. The van der Waals surface area contributed by atoms with Crippen LogP contribution < -0.4 is 26.7 Å². The molecule has 0 saturated carbocycles. The smallest absolute Gasteiger partial charge is 0.227 e. The molecule has 6 N–H and O–H groups in total. The van der Waals surface area contributed by atoms with E-state index in [1.165, 1.54) is 0 Å². The van der Waals surface area contributed by atoms with E-state index in [1.54, 1.807) is 24.3 Å². The van der Waals surface area contributed by atoms with Gasteiger partial charge in [-0.25, -0.2) is 4.98 Å². The highest BCUT2D eigenvalue weighted by Crippen LogP contribution is 2.38. The van der Waals surface area contributed by atoms with E-state index in [0.29, 0.717) is 57.4 Å². The quantitative estimate of drug-likeness (QED) is 0.180. The molecule has 1 aromatic heterocycles. The van der Waals surface area contributed by atoms with Gasteiger partial charge < -0.3 is 31.1 Å². The van der Waals surface area contributed by atoms with Crippen molar-refractivity contribution in [3.05, 3.63) is 121 Å². The monoisotopic (exact) mass is 526 g/mol. The molecule has 7 heteroatoms. The van der Waals surface area contributed by atoms with E-state index in [4.69, 9.17) is 36.1 Å². The lowest BCUT2D eigenvalue weighted by Crippen LogP contribution is -1.88. The van der Waals surface area contributed by atoms with Crippen LogP contribution in [-0.4, -0.2) is 4.98 Å². The van der Waals surface area contributed by atoms with Crippen molar-refractivity contribution < 1.29 is 13.9 Å². The minimum Gasteiger partial charge on any atom is -0.457 e. The third-order valence-corrected chi connectivity index (χ3v) is 6.26. The second-order valence-corrected chi connectivity index (χ2v) is 9.21. The Hall–Kier alpha value is -5.69. The van der Waals surface area contributed by atoms with Crippen LogP contribution in [0.15, 0.2) is 126 Å². The number of anilines is 3. The van der Waals surface area contributed by atoms with Crippen LogP contribution >= 0.6 is 0 Å². The molecule has 7 nitrogen and oxygen atoms in total. The van der Waals surface area contributed by atoms with Gasteiger partial charge in [-0.05, 0) is 121 Å². The highest BCUT2D eigenvalue weighted by atomic mass is 16.5. The molecule has 6 aromatic rings. The fourth-order valence-electron chi connectivity index (χ4n) is 4.16. The molecule has 196 valence electrons. The fraction of sp³-hybridized carbons (Fsp3) is 0. The molecule has 0 aliphatic rings. The Morgan fingerprint density at radius 3 is 1.23 bits per heavy atom. The van der Waals surface area contributed by atoms with E-state index in [9.17, 15) is 0 Å². The van der Waals surface area contributed by atoms with Crippen LogP contribution in [0.3, 0.4) is 0 Å². The van der Waals surface area contributed by atoms with Crippen LogP contribution in [0.1, 0.15) is 0 Å². The number of aromatic nitrogens is 1. The van der Waals surface area contributed by atoms with Gasteiger partial charge in [-0.2, -0.15) is 0 Å². The zero-order chi connectivity index (χ0) is 27.5. The predicted molar refractivity (Wildman–Crippen MR) is 159 cm³/mol. The van der Waals surface area contributed by atoms with Crippen LogP contribution in [0.5, 0.6) is 23.0 Å². The van der Waals surface area contributed by atoms with Gasteiger partial charge in [0.1, 0.15) is 28.7 Å². The first kappa shape index (κ1) is 24.6. The van der Waals surface area contributed by atoms with Gasteiger partial charge in [0, 0.05) is 33.8 Å². The number of nitrogens with two attached hydrogens (primary N) is 3. The van der Waals surface area contributed by atoms with Crippen molar-refractivity contribution in [3.8, 4) is 57.0 Å². The van der Waals surface area contributed by atoms with E-state index < -0.39 is 0 Å². The lowest BCUT2D eigenvalue weighted by Gasteiger charge is -2.08. The highest BCUT2D eigenvalue weighted by molar-refractivity contribution is 5.79. The fourth-order valence-corrected chi connectivity index (χ4v) is 4.16. The molecule has 5 aromatic carbocycles. The SMILES string of the molecule is Nc1ccc(Oc2ccc(-c3nc(-c4ccc(N)cc4)oc3-c3ccc(Oc4ccc(N)cc4)cc3)cc2)cc1. The first-order chi connectivity index (χ1) is 19.5. The number of ether oxygens (including phenoxy) is 2. The Bertz CT molecular complexity index is 1620.